The number of ether oxygens (including phenoxy) is 1. The van der Waals surface area contributed by atoms with Crippen LogP contribution in [0.15, 0.2) is 41.6 Å². The molecule has 0 aliphatic heterocycles. The summed E-state index contributed by atoms with van der Waals surface area (Å²) in [6.45, 7) is -0.520. The van der Waals surface area contributed by atoms with Crippen LogP contribution in [-0.4, -0.2) is 28.9 Å². The smallest absolute Gasteiger partial charge is 0.417 e. The van der Waals surface area contributed by atoms with Crippen molar-refractivity contribution < 1.29 is 27.8 Å². The number of carboxylic acids is 1. The summed E-state index contributed by atoms with van der Waals surface area (Å²) in [5.74, 6) is -0.787. The SMILES string of the molecule is O=C(O)COc1ccc(/C=N/Nc2ccc(C(F)(F)F)cn2)cc1Cl. The van der Waals surface area contributed by atoms with Crippen molar-refractivity contribution in [3.8, 4) is 5.75 Å². The topological polar surface area (TPSA) is 83.8 Å². The zero-order chi connectivity index (χ0) is 18.4. The van der Waals surface area contributed by atoms with Gasteiger partial charge in [0, 0.05) is 6.20 Å². The second-order valence-corrected chi connectivity index (χ2v) is 5.08. The Kier molecular flexibility index (Phi) is 5.81. The molecule has 0 radical (unpaired) electrons. The first-order valence-corrected chi connectivity index (χ1v) is 7.10. The number of nitrogens with one attached hydrogen (secondary N) is 1. The third kappa shape index (κ3) is 5.64. The zero-order valence-electron chi connectivity index (χ0n) is 12.4. The molecule has 25 heavy (non-hydrogen) atoms. The summed E-state index contributed by atoms with van der Waals surface area (Å²) in [6, 6.07) is 6.58. The van der Waals surface area contributed by atoms with E-state index >= 15 is 0 Å². The van der Waals surface area contributed by atoms with Crippen LogP contribution in [0.4, 0.5) is 19.0 Å². The van der Waals surface area contributed by atoms with Crippen molar-refractivity contribution in [2.75, 3.05) is 12.0 Å². The molecule has 0 atom stereocenters. The number of carbonyl (C=O) groups is 1. The fourth-order valence-corrected chi connectivity index (χ4v) is 1.90. The Balaban J connectivity index is 1.97. The molecule has 1 aromatic carbocycles. The molecule has 1 heterocycles. The highest BCUT2D eigenvalue weighted by Gasteiger charge is 2.30. The second-order valence-electron chi connectivity index (χ2n) is 4.67. The van der Waals surface area contributed by atoms with Gasteiger partial charge >= 0.3 is 12.1 Å². The van der Waals surface area contributed by atoms with Gasteiger partial charge in [-0.05, 0) is 35.9 Å². The fraction of sp³-hybridized carbons (Fsp3) is 0.133. The lowest BCUT2D eigenvalue weighted by molar-refractivity contribution is -0.139. The lowest BCUT2D eigenvalue weighted by atomic mass is 10.2. The van der Waals surface area contributed by atoms with E-state index in [2.05, 4.69) is 15.5 Å². The van der Waals surface area contributed by atoms with Crippen molar-refractivity contribution in [3.05, 3.63) is 52.7 Å². The average Bonchev–Trinajstić information content (AvgIpc) is 2.53. The number of benzene rings is 1. The zero-order valence-corrected chi connectivity index (χ0v) is 13.2. The highest BCUT2D eigenvalue weighted by Crippen LogP contribution is 2.29. The van der Waals surface area contributed by atoms with Crippen molar-refractivity contribution in [2.24, 2.45) is 5.10 Å². The van der Waals surface area contributed by atoms with Gasteiger partial charge in [-0.3, -0.25) is 5.43 Å². The molecule has 2 aromatic rings. The van der Waals surface area contributed by atoms with Crippen LogP contribution in [0.1, 0.15) is 11.1 Å². The number of nitrogens with zero attached hydrogens (tertiary/aromatic N) is 2. The van der Waals surface area contributed by atoms with Gasteiger partial charge in [0.15, 0.2) is 6.61 Å². The quantitative estimate of drug-likeness (QED) is 0.596. The van der Waals surface area contributed by atoms with Crippen LogP contribution >= 0.6 is 11.6 Å². The third-order valence-electron chi connectivity index (χ3n) is 2.79. The number of alkyl halides is 3. The summed E-state index contributed by atoms with van der Waals surface area (Å²) in [6.07, 6.45) is -2.38. The van der Waals surface area contributed by atoms with Crippen molar-refractivity contribution in [3.63, 3.8) is 0 Å². The summed E-state index contributed by atoms with van der Waals surface area (Å²) < 4.78 is 42.2. The first-order chi connectivity index (χ1) is 11.8. The molecular weight excluding hydrogens is 363 g/mol. The van der Waals surface area contributed by atoms with Gasteiger partial charge in [0.05, 0.1) is 16.8 Å². The average molecular weight is 374 g/mol. The van der Waals surface area contributed by atoms with Gasteiger partial charge in [-0.15, -0.1) is 0 Å². The lowest BCUT2D eigenvalue weighted by Crippen LogP contribution is -2.09. The van der Waals surface area contributed by atoms with E-state index in [9.17, 15) is 18.0 Å². The maximum Gasteiger partial charge on any atom is 0.417 e. The molecular formula is C15H11ClF3N3O3. The molecule has 0 unspecified atom stereocenters. The molecule has 6 nitrogen and oxygen atoms in total. The predicted molar refractivity (Wildman–Crippen MR) is 85.0 cm³/mol. The Morgan fingerprint density at radius 3 is 2.68 bits per heavy atom. The number of aromatic nitrogens is 1. The molecule has 0 fully saturated rings. The van der Waals surface area contributed by atoms with Gasteiger partial charge in [0.2, 0.25) is 0 Å². The Hall–Kier alpha value is -2.81. The number of pyridine rings is 1. The van der Waals surface area contributed by atoms with E-state index in [0.29, 0.717) is 11.8 Å². The Morgan fingerprint density at radius 1 is 1.36 bits per heavy atom. The van der Waals surface area contributed by atoms with Crippen LogP contribution < -0.4 is 10.2 Å². The van der Waals surface area contributed by atoms with Crippen molar-refractivity contribution in [1.82, 2.24) is 4.98 Å². The van der Waals surface area contributed by atoms with E-state index in [0.717, 1.165) is 12.1 Å². The van der Waals surface area contributed by atoms with Gasteiger partial charge in [-0.25, -0.2) is 9.78 Å². The van der Waals surface area contributed by atoms with Gasteiger partial charge < -0.3 is 9.84 Å². The van der Waals surface area contributed by atoms with Gasteiger partial charge in [-0.2, -0.15) is 18.3 Å². The monoisotopic (exact) mass is 373 g/mol. The molecule has 0 aliphatic rings. The number of hydrogen-bond acceptors (Lipinski definition) is 5. The van der Waals surface area contributed by atoms with E-state index in [4.69, 9.17) is 21.4 Å². The number of aliphatic carboxylic acids is 1. The highest BCUT2D eigenvalue weighted by molar-refractivity contribution is 6.32. The Bertz CT molecular complexity index is 780. The molecule has 2 rings (SSSR count). The summed E-state index contributed by atoms with van der Waals surface area (Å²) in [5.41, 5.74) is 2.19. The molecule has 10 heteroatoms. The normalized spacial score (nSPS) is 11.5. The minimum atomic E-state index is -4.45. The number of hydrogen-bond donors (Lipinski definition) is 2. The van der Waals surface area contributed by atoms with E-state index in [1.807, 2.05) is 0 Å². The molecule has 0 spiro atoms. The molecule has 1 aromatic heterocycles. The lowest BCUT2D eigenvalue weighted by Gasteiger charge is -2.07. The third-order valence-corrected chi connectivity index (χ3v) is 3.09. The predicted octanol–water partition coefficient (Wildman–Crippen LogP) is 3.66. The Morgan fingerprint density at radius 2 is 2.12 bits per heavy atom. The second kappa shape index (κ2) is 7.84. The molecule has 0 aliphatic carbocycles. The number of carboxylic acid groups (broad SMARTS) is 1. The first-order valence-electron chi connectivity index (χ1n) is 6.72. The number of anilines is 1. The van der Waals surface area contributed by atoms with E-state index in [-0.39, 0.29) is 16.6 Å². The molecule has 0 amide bonds. The molecule has 0 bridgehead atoms. The standard InChI is InChI=1S/C15H11ClF3N3O3/c16-11-5-9(1-3-12(11)25-8-14(23)24)6-21-22-13-4-2-10(7-20-13)15(17,18)19/h1-7H,8H2,(H,20,22)(H,23,24)/b21-6+. The van der Waals surface area contributed by atoms with Gasteiger partial charge in [0.1, 0.15) is 11.6 Å². The molecule has 132 valence electrons. The summed E-state index contributed by atoms with van der Waals surface area (Å²) in [5, 5.41) is 12.6. The van der Waals surface area contributed by atoms with E-state index in [1.165, 1.54) is 18.3 Å². The summed E-state index contributed by atoms with van der Waals surface area (Å²) in [4.78, 5) is 14.0. The van der Waals surface area contributed by atoms with E-state index < -0.39 is 24.3 Å². The number of rotatable bonds is 6. The largest absolute Gasteiger partial charge is 0.480 e. The maximum atomic E-state index is 12.4. The van der Waals surface area contributed by atoms with Gasteiger partial charge in [0.25, 0.3) is 0 Å². The van der Waals surface area contributed by atoms with Crippen LogP contribution in [0.25, 0.3) is 0 Å². The number of halogens is 4. The minimum Gasteiger partial charge on any atom is -0.480 e. The minimum absolute atomic E-state index is 0.136. The summed E-state index contributed by atoms with van der Waals surface area (Å²) >= 11 is 5.95. The van der Waals surface area contributed by atoms with Crippen LogP contribution in [0, 0.1) is 0 Å². The van der Waals surface area contributed by atoms with Crippen LogP contribution in [0.3, 0.4) is 0 Å². The van der Waals surface area contributed by atoms with Crippen LogP contribution in [-0.2, 0) is 11.0 Å². The van der Waals surface area contributed by atoms with Crippen LogP contribution in [0.2, 0.25) is 5.02 Å². The first kappa shape index (κ1) is 18.5. The maximum absolute atomic E-state index is 12.4. The van der Waals surface area contributed by atoms with E-state index in [1.54, 1.807) is 6.07 Å². The Labute approximate surface area is 144 Å². The molecule has 0 saturated heterocycles. The van der Waals surface area contributed by atoms with Gasteiger partial charge in [-0.1, -0.05) is 11.6 Å². The highest BCUT2D eigenvalue weighted by atomic mass is 35.5. The molecule has 0 saturated carbocycles. The molecule has 2 N–H and O–H groups in total. The van der Waals surface area contributed by atoms with Crippen molar-refractivity contribution in [1.29, 1.82) is 0 Å². The van der Waals surface area contributed by atoms with Crippen molar-refractivity contribution in [2.45, 2.75) is 6.18 Å². The fourth-order valence-electron chi connectivity index (χ4n) is 1.65. The van der Waals surface area contributed by atoms with Crippen molar-refractivity contribution >= 4 is 29.6 Å². The van der Waals surface area contributed by atoms with Crippen LogP contribution in [0.5, 0.6) is 5.75 Å². The summed E-state index contributed by atoms with van der Waals surface area (Å²) in [7, 11) is 0. The number of hydrazone groups is 1.